The van der Waals surface area contributed by atoms with Crippen LogP contribution in [0.3, 0.4) is 0 Å². The highest BCUT2D eigenvalue weighted by molar-refractivity contribution is 5.88. The molecular formula is C16H31NO3. The van der Waals surface area contributed by atoms with Gasteiger partial charge in [-0.05, 0) is 26.2 Å². The highest BCUT2D eigenvalue weighted by Crippen LogP contribution is 2.08. The van der Waals surface area contributed by atoms with E-state index in [-0.39, 0.29) is 30.3 Å². The summed E-state index contributed by atoms with van der Waals surface area (Å²) < 4.78 is 5.52. The Labute approximate surface area is 123 Å². The number of unbranched alkanes of at least 4 members (excludes halogenated alkanes) is 3. The van der Waals surface area contributed by atoms with E-state index in [1.54, 1.807) is 0 Å². The summed E-state index contributed by atoms with van der Waals surface area (Å²) >= 11 is 0. The minimum absolute atomic E-state index is 0.0130. The van der Waals surface area contributed by atoms with Crippen molar-refractivity contribution in [2.45, 2.75) is 78.9 Å². The lowest BCUT2D eigenvalue weighted by molar-refractivity contribution is -0.132. The van der Waals surface area contributed by atoms with E-state index in [9.17, 15) is 9.59 Å². The van der Waals surface area contributed by atoms with Crippen LogP contribution in [-0.2, 0) is 14.3 Å². The number of Topliss-reactive ketones (excluding diaryl/α,β-unsaturated/α-hetero) is 1. The van der Waals surface area contributed by atoms with E-state index in [1.807, 2.05) is 20.8 Å². The highest BCUT2D eigenvalue weighted by Gasteiger charge is 2.20. The summed E-state index contributed by atoms with van der Waals surface area (Å²) in [6.07, 6.45) is 5.90. The van der Waals surface area contributed by atoms with Gasteiger partial charge < -0.3 is 10.1 Å². The van der Waals surface area contributed by atoms with Gasteiger partial charge in [-0.15, -0.1) is 0 Å². The molecule has 0 saturated carbocycles. The molecule has 2 atom stereocenters. The average molecular weight is 285 g/mol. The molecule has 0 aliphatic heterocycles. The molecule has 0 aromatic carbocycles. The molecular weight excluding hydrogens is 254 g/mol. The Hall–Kier alpha value is -0.900. The standard InChI is InChI=1S/C16H31NO3/c1-6-7-8-9-10-13(4)20-11-15(19)17-16(12(2)3)14(5)18/h12-13,16H,6-11H2,1-5H3,(H,17,19). The van der Waals surface area contributed by atoms with Gasteiger partial charge in [0.05, 0.1) is 12.1 Å². The fourth-order valence-corrected chi connectivity index (χ4v) is 2.11. The van der Waals surface area contributed by atoms with Crippen LogP contribution in [0.5, 0.6) is 0 Å². The molecule has 2 unspecified atom stereocenters. The maximum absolute atomic E-state index is 11.8. The van der Waals surface area contributed by atoms with Gasteiger partial charge >= 0.3 is 0 Å². The Morgan fingerprint density at radius 2 is 1.75 bits per heavy atom. The first kappa shape index (κ1) is 19.1. The predicted molar refractivity (Wildman–Crippen MR) is 81.6 cm³/mol. The zero-order valence-electron chi connectivity index (χ0n) is 13.7. The van der Waals surface area contributed by atoms with Crippen molar-refractivity contribution in [3.05, 3.63) is 0 Å². The number of carbonyl (C=O) groups excluding carboxylic acids is 2. The SMILES string of the molecule is CCCCCCC(C)OCC(=O)NC(C(C)=O)C(C)C. The molecule has 0 spiro atoms. The monoisotopic (exact) mass is 285 g/mol. The Morgan fingerprint density at radius 1 is 1.10 bits per heavy atom. The molecule has 0 rings (SSSR count). The van der Waals surface area contributed by atoms with Gasteiger partial charge in [0.2, 0.25) is 5.91 Å². The van der Waals surface area contributed by atoms with Crippen molar-refractivity contribution in [2.24, 2.45) is 5.92 Å². The fraction of sp³-hybridized carbons (Fsp3) is 0.875. The molecule has 0 bridgehead atoms. The molecule has 0 aliphatic rings. The molecule has 0 radical (unpaired) electrons. The van der Waals surface area contributed by atoms with Crippen molar-refractivity contribution < 1.29 is 14.3 Å². The van der Waals surface area contributed by atoms with E-state index in [4.69, 9.17) is 4.74 Å². The molecule has 0 aromatic heterocycles. The van der Waals surface area contributed by atoms with Crippen molar-refractivity contribution in [3.8, 4) is 0 Å². The Bertz CT molecular complexity index is 289. The quantitative estimate of drug-likeness (QED) is 0.593. The van der Waals surface area contributed by atoms with Gasteiger partial charge in [0, 0.05) is 0 Å². The first-order valence-corrected chi connectivity index (χ1v) is 7.79. The maximum atomic E-state index is 11.8. The summed E-state index contributed by atoms with van der Waals surface area (Å²) in [7, 11) is 0. The molecule has 0 saturated heterocycles. The molecule has 1 N–H and O–H groups in total. The molecule has 4 nitrogen and oxygen atoms in total. The minimum Gasteiger partial charge on any atom is -0.369 e. The highest BCUT2D eigenvalue weighted by atomic mass is 16.5. The van der Waals surface area contributed by atoms with Crippen LogP contribution in [0.2, 0.25) is 0 Å². The van der Waals surface area contributed by atoms with Crippen LogP contribution in [0.15, 0.2) is 0 Å². The third-order valence-electron chi connectivity index (χ3n) is 3.38. The van der Waals surface area contributed by atoms with E-state index in [0.717, 1.165) is 12.8 Å². The largest absolute Gasteiger partial charge is 0.369 e. The van der Waals surface area contributed by atoms with Crippen molar-refractivity contribution in [1.29, 1.82) is 0 Å². The second-order valence-corrected chi connectivity index (χ2v) is 5.87. The van der Waals surface area contributed by atoms with Crippen LogP contribution in [0, 0.1) is 5.92 Å². The molecule has 20 heavy (non-hydrogen) atoms. The number of rotatable bonds is 11. The molecule has 4 heteroatoms. The lowest BCUT2D eigenvalue weighted by Gasteiger charge is -2.20. The van der Waals surface area contributed by atoms with Gasteiger partial charge in [-0.3, -0.25) is 9.59 Å². The van der Waals surface area contributed by atoms with Crippen LogP contribution >= 0.6 is 0 Å². The van der Waals surface area contributed by atoms with E-state index in [2.05, 4.69) is 12.2 Å². The summed E-state index contributed by atoms with van der Waals surface area (Å²) in [5, 5.41) is 2.73. The lowest BCUT2D eigenvalue weighted by atomic mass is 10.0. The smallest absolute Gasteiger partial charge is 0.246 e. The van der Waals surface area contributed by atoms with Crippen molar-refractivity contribution in [3.63, 3.8) is 0 Å². The number of hydrogen-bond donors (Lipinski definition) is 1. The van der Waals surface area contributed by atoms with Crippen LogP contribution in [0.1, 0.15) is 66.7 Å². The number of ketones is 1. The van der Waals surface area contributed by atoms with Crippen LogP contribution in [0.25, 0.3) is 0 Å². The molecule has 118 valence electrons. The second kappa shape index (κ2) is 10.8. The maximum Gasteiger partial charge on any atom is 0.246 e. The number of hydrogen-bond acceptors (Lipinski definition) is 3. The van der Waals surface area contributed by atoms with Crippen molar-refractivity contribution in [2.75, 3.05) is 6.61 Å². The Morgan fingerprint density at radius 3 is 2.25 bits per heavy atom. The third-order valence-corrected chi connectivity index (χ3v) is 3.38. The normalized spacial score (nSPS) is 14.1. The van der Waals surface area contributed by atoms with Crippen molar-refractivity contribution in [1.82, 2.24) is 5.32 Å². The van der Waals surface area contributed by atoms with Gasteiger partial charge in [-0.25, -0.2) is 0 Å². The Kier molecular flexibility index (Phi) is 10.3. The van der Waals surface area contributed by atoms with Crippen LogP contribution in [0.4, 0.5) is 0 Å². The topological polar surface area (TPSA) is 55.4 Å². The van der Waals surface area contributed by atoms with Gasteiger partial charge in [0.15, 0.2) is 5.78 Å². The zero-order chi connectivity index (χ0) is 15.5. The summed E-state index contributed by atoms with van der Waals surface area (Å²) in [4.78, 5) is 23.2. The van der Waals surface area contributed by atoms with E-state index in [1.165, 1.54) is 26.2 Å². The number of amides is 1. The van der Waals surface area contributed by atoms with Gasteiger partial charge in [-0.1, -0.05) is 46.5 Å². The van der Waals surface area contributed by atoms with E-state index >= 15 is 0 Å². The molecule has 0 aliphatic carbocycles. The fourth-order valence-electron chi connectivity index (χ4n) is 2.11. The minimum atomic E-state index is -0.411. The lowest BCUT2D eigenvalue weighted by Crippen LogP contribution is -2.45. The number of ether oxygens (including phenoxy) is 1. The second-order valence-electron chi connectivity index (χ2n) is 5.87. The van der Waals surface area contributed by atoms with Gasteiger partial charge in [0.25, 0.3) is 0 Å². The first-order chi connectivity index (χ1) is 9.38. The van der Waals surface area contributed by atoms with Gasteiger partial charge in [0.1, 0.15) is 6.61 Å². The summed E-state index contributed by atoms with van der Waals surface area (Å²) in [5.41, 5.74) is 0. The average Bonchev–Trinajstić information content (AvgIpc) is 2.37. The predicted octanol–water partition coefficient (Wildman–Crippen LogP) is 3.09. The van der Waals surface area contributed by atoms with E-state index in [0.29, 0.717) is 0 Å². The Balaban J connectivity index is 3.88. The van der Waals surface area contributed by atoms with Crippen LogP contribution < -0.4 is 5.32 Å². The zero-order valence-corrected chi connectivity index (χ0v) is 13.7. The molecule has 0 heterocycles. The molecule has 1 amide bonds. The van der Waals surface area contributed by atoms with Crippen LogP contribution in [-0.4, -0.2) is 30.4 Å². The summed E-state index contributed by atoms with van der Waals surface area (Å²) in [6.45, 7) is 9.55. The molecule has 0 aromatic rings. The number of nitrogens with one attached hydrogen (secondary N) is 1. The summed E-state index contributed by atoms with van der Waals surface area (Å²) in [6, 6.07) is -0.411. The summed E-state index contributed by atoms with van der Waals surface area (Å²) in [5.74, 6) is -0.122. The third kappa shape index (κ3) is 9.08. The number of carbonyl (C=O) groups is 2. The van der Waals surface area contributed by atoms with E-state index < -0.39 is 6.04 Å². The van der Waals surface area contributed by atoms with Crippen molar-refractivity contribution >= 4 is 11.7 Å². The van der Waals surface area contributed by atoms with Gasteiger partial charge in [-0.2, -0.15) is 0 Å². The first-order valence-electron chi connectivity index (χ1n) is 7.79. The molecule has 0 fully saturated rings.